The fourth-order valence-electron chi connectivity index (χ4n) is 1.98. The van der Waals surface area contributed by atoms with Gasteiger partial charge >= 0.3 is 5.97 Å². The van der Waals surface area contributed by atoms with Crippen LogP contribution >= 0.6 is 0 Å². The van der Waals surface area contributed by atoms with E-state index < -0.39 is 12.0 Å². The minimum absolute atomic E-state index is 0.245. The van der Waals surface area contributed by atoms with Gasteiger partial charge in [-0.25, -0.2) is 0 Å². The SMILES string of the molecule is COC(=O)C(N)Cc1ccc(-c2ccc(O)cc2)cc1. The molecule has 0 aliphatic rings. The third-order valence-corrected chi connectivity index (χ3v) is 3.11. The molecule has 104 valence electrons. The van der Waals surface area contributed by atoms with Crippen molar-refractivity contribution >= 4 is 5.97 Å². The van der Waals surface area contributed by atoms with Crippen LogP contribution in [0.1, 0.15) is 5.56 Å². The van der Waals surface area contributed by atoms with Crippen LogP contribution in [-0.2, 0) is 16.0 Å². The number of benzene rings is 2. The zero-order valence-electron chi connectivity index (χ0n) is 11.2. The van der Waals surface area contributed by atoms with Crippen molar-refractivity contribution in [3.63, 3.8) is 0 Å². The molecule has 1 unspecified atom stereocenters. The second-order valence-corrected chi connectivity index (χ2v) is 4.58. The van der Waals surface area contributed by atoms with Crippen LogP contribution in [0.25, 0.3) is 11.1 Å². The topological polar surface area (TPSA) is 72.5 Å². The summed E-state index contributed by atoms with van der Waals surface area (Å²) in [6.45, 7) is 0. The van der Waals surface area contributed by atoms with Gasteiger partial charge in [0.05, 0.1) is 7.11 Å². The lowest BCUT2D eigenvalue weighted by molar-refractivity contribution is -0.142. The lowest BCUT2D eigenvalue weighted by Gasteiger charge is -2.10. The molecule has 4 heteroatoms. The number of methoxy groups -OCH3 is 1. The number of hydrogen-bond donors (Lipinski definition) is 2. The van der Waals surface area contributed by atoms with Crippen molar-refractivity contribution in [1.82, 2.24) is 0 Å². The van der Waals surface area contributed by atoms with Crippen LogP contribution in [0.3, 0.4) is 0 Å². The van der Waals surface area contributed by atoms with Crippen molar-refractivity contribution in [3.05, 3.63) is 54.1 Å². The number of carbonyl (C=O) groups is 1. The number of ether oxygens (including phenoxy) is 1. The van der Waals surface area contributed by atoms with E-state index in [9.17, 15) is 9.90 Å². The Hall–Kier alpha value is -2.33. The second kappa shape index (κ2) is 6.21. The third kappa shape index (κ3) is 3.36. The summed E-state index contributed by atoms with van der Waals surface area (Å²) in [6.07, 6.45) is 0.447. The minimum Gasteiger partial charge on any atom is -0.508 e. The predicted molar refractivity (Wildman–Crippen MR) is 77.2 cm³/mol. The number of phenols is 1. The summed E-state index contributed by atoms with van der Waals surface area (Å²) in [5, 5.41) is 9.26. The second-order valence-electron chi connectivity index (χ2n) is 4.58. The van der Waals surface area contributed by atoms with Crippen LogP contribution in [0.2, 0.25) is 0 Å². The Morgan fingerprint density at radius 2 is 1.60 bits per heavy atom. The van der Waals surface area contributed by atoms with Crippen molar-refractivity contribution in [2.75, 3.05) is 7.11 Å². The molecule has 2 rings (SSSR count). The Morgan fingerprint density at radius 1 is 1.10 bits per heavy atom. The average Bonchev–Trinajstić information content (AvgIpc) is 2.48. The van der Waals surface area contributed by atoms with Gasteiger partial charge in [0.25, 0.3) is 0 Å². The van der Waals surface area contributed by atoms with Gasteiger partial charge in [-0.1, -0.05) is 36.4 Å². The zero-order chi connectivity index (χ0) is 14.5. The summed E-state index contributed by atoms with van der Waals surface area (Å²) < 4.78 is 4.60. The first-order valence-electron chi connectivity index (χ1n) is 6.32. The van der Waals surface area contributed by atoms with E-state index in [1.807, 2.05) is 36.4 Å². The normalized spacial score (nSPS) is 11.9. The highest BCUT2D eigenvalue weighted by atomic mass is 16.5. The molecule has 1 atom stereocenters. The highest BCUT2D eigenvalue weighted by molar-refractivity contribution is 5.75. The number of hydrogen-bond acceptors (Lipinski definition) is 4. The lowest BCUT2D eigenvalue weighted by atomic mass is 10.0. The number of rotatable bonds is 4. The molecule has 4 nitrogen and oxygen atoms in total. The van der Waals surface area contributed by atoms with Gasteiger partial charge in [-0.05, 0) is 35.2 Å². The standard InChI is InChI=1S/C16H17NO3/c1-20-16(19)15(17)10-11-2-4-12(5-3-11)13-6-8-14(18)9-7-13/h2-9,15,18H,10,17H2,1H3. The van der Waals surface area contributed by atoms with Crippen molar-refractivity contribution < 1.29 is 14.6 Å². The van der Waals surface area contributed by atoms with Crippen LogP contribution < -0.4 is 5.73 Å². The summed E-state index contributed by atoms with van der Waals surface area (Å²) in [4.78, 5) is 11.3. The van der Waals surface area contributed by atoms with Crippen LogP contribution in [-0.4, -0.2) is 24.2 Å². The number of phenolic OH excluding ortho intramolecular Hbond substituents is 1. The Labute approximate surface area is 117 Å². The summed E-state index contributed by atoms with van der Waals surface area (Å²) in [7, 11) is 1.33. The van der Waals surface area contributed by atoms with Crippen LogP contribution in [0.5, 0.6) is 5.75 Å². The number of carbonyl (C=O) groups excluding carboxylic acids is 1. The molecule has 0 aliphatic carbocycles. The van der Waals surface area contributed by atoms with Gasteiger partial charge in [-0.2, -0.15) is 0 Å². The lowest BCUT2D eigenvalue weighted by Crippen LogP contribution is -2.33. The number of aromatic hydroxyl groups is 1. The van der Waals surface area contributed by atoms with E-state index in [0.29, 0.717) is 6.42 Å². The Morgan fingerprint density at radius 3 is 2.10 bits per heavy atom. The van der Waals surface area contributed by atoms with E-state index in [1.54, 1.807) is 12.1 Å². The highest BCUT2D eigenvalue weighted by Crippen LogP contribution is 2.22. The molecule has 0 saturated carbocycles. The molecular formula is C16H17NO3. The van der Waals surface area contributed by atoms with Gasteiger partial charge in [0, 0.05) is 0 Å². The van der Waals surface area contributed by atoms with E-state index in [4.69, 9.17) is 5.73 Å². The summed E-state index contributed by atoms with van der Waals surface area (Å²) in [5.41, 5.74) is 8.76. The monoisotopic (exact) mass is 271 g/mol. The fraction of sp³-hybridized carbons (Fsp3) is 0.188. The molecule has 0 radical (unpaired) electrons. The van der Waals surface area contributed by atoms with Gasteiger partial charge in [-0.15, -0.1) is 0 Å². The Bertz CT molecular complexity index is 576. The van der Waals surface area contributed by atoms with Crippen LogP contribution in [0, 0.1) is 0 Å². The molecule has 2 aromatic rings. The molecule has 0 fully saturated rings. The summed E-state index contributed by atoms with van der Waals surface area (Å²) >= 11 is 0. The highest BCUT2D eigenvalue weighted by Gasteiger charge is 2.13. The van der Waals surface area contributed by atoms with Gasteiger partial charge in [0.15, 0.2) is 0 Å². The molecule has 0 amide bonds. The van der Waals surface area contributed by atoms with Gasteiger partial charge in [0.2, 0.25) is 0 Å². The summed E-state index contributed by atoms with van der Waals surface area (Å²) in [5.74, 6) is -0.165. The molecule has 0 spiro atoms. The molecule has 20 heavy (non-hydrogen) atoms. The molecule has 0 aliphatic heterocycles. The third-order valence-electron chi connectivity index (χ3n) is 3.11. The van der Waals surface area contributed by atoms with E-state index >= 15 is 0 Å². The fourth-order valence-corrected chi connectivity index (χ4v) is 1.98. The Balaban J connectivity index is 2.10. The first-order chi connectivity index (χ1) is 9.60. The smallest absolute Gasteiger partial charge is 0.322 e. The zero-order valence-corrected chi connectivity index (χ0v) is 11.2. The maximum atomic E-state index is 11.3. The average molecular weight is 271 g/mol. The first-order valence-corrected chi connectivity index (χ1v) is 6.32. The van der Waals surface area contributed by atoms with E-state index in [-0.39, 0.29) is 5.75 Å². The predicted octanol–water partition coefficient (Wildman–Crippen LogP) is 2.10. The molecule has 2 aromatic carbocycles. The van der Waals surface area contributed by atoms with Crippen molar-refractivity contribution in [3.8, 4) is 16.9 Å². The minimum atomic E-state index is -0.639. The van der Waals surface area contributed by atoms with Crippen molar-refractivity contribution in [1.29, 1.82) is 0 Å². The van der Waals surface area contributed by atoms with Crippen LogP contribution in [0.4, 0.5) is 0 Å². The maximum Gasteiger partial charge on any atom is 0.322 e. The molecule has 0 saturated heterocycles. The van der Waals surface area contributed by atoms with Crippen molar-refractivity contribution in [2.24, 2.45) is 5.73 Å². The van der Waals surface area contributed by atoms with Crippen molar-refractivity contribution in [2.45, 2.75) is 12.5 Å². The van der Waals surface area contributed by atoms with Gasteiger partial charge in [0.1, 0.15) is 11.8 Å². The van der Waals surface area contributed by atoms with Crippen LogP contribution in [0.15, 0.2) is 48.5 Å². The Kier molecular flexibility index (Phi) is 4.38. The van der Waals surface area contributed by atoms with Gasteiger partial charge in [-0.3, -0.25) is 4.79 Å². The summed E-state index contributed by atoms with van der Waals surface area (Å²) in [6, 6.07) is 14.2. The number of esters is 1. The molecule has 0 heterocycles. The molecular weight excluding hydrogens is 254 g/mol. The first kappa shape index (κ1) is 14.1. The van der Waals surface area contributed by atoms with E-state index in [1.165, 1.54) is 7.11 Å². The molecule has 0 aromatic heterocycles. The quantitative estimate of drug-likeness (QED) is 0.835. The largest absolute Gasteiger partial charge is 0.508 e. The van der Waals surface area contributed by atoms with E-state index in [0.717, 1.165) is 16.7 Å². The number of nitrogens with two attached hydrogens (primary N) is 1. The maximum absolute atomic E-state index is 11.3. The molecule has 3 N–H and O–H groups in total. The molecule has 0 bridgehead atoms. The van der Waals surface area contributed by atoms with Gasteiger partial charge < -0.3 is 15.6 Å². The van der Waals surface area contributed by atoms with E-state index in [2.05, 4.69) is 4.74 Å².